The minimum atomic E-state index is -4.82. The van der Waals surface area contributed by atoms with E-state index < -0.39 is 12.2 Å². The highest BCUT2D eigenvalue weighted by Gasteiger charge is 2.31. The molecular formula is C21H19ClF4N4O. The fourth-order valence-corrected chi connectivity index (χ4v) is 2.85. The van der Waals surface area contributed by atoms with Gasteiger partial charge in [-0.05, 0) is 37.6 Å². The molecule has 0 radical (unpaired) electrons. The molecule has 0 saturated heterocycles. The van der Waals surface area contributed by atoms with Gasteiger partial charge in [-0.3, -0.25) is 0 Å². The van der Waals surface area contributed by atoms with Crippen molar-refractivity contribution in [3.63, 3.8) is 0 Å². The number of ether oxygens (including phenoxy) is 1. The third kappa shape index (κ3) is 6.21. The van der Waals surface area contributed by atoms with E-state index in [1.807, 2.05) is 13.8 Å². The van der Waals surface area contributed by atoms with Crippen molar-refractivity contribution in [2.24, 2.45) is 0 Å². The van der Waals surface area contributed by atoms with E-state index in [-0.39, 0.29) is 34.3 Å². The second-order valence-electron chi connectivity index (χ2n) is 6.71. The van der Waals surface area contributed by atoms with Crippen molar-refractivity contribution in [1.82, 2.24) is 9.97 Å². The first-order chi connectivity index (χ1) is 14.6. The second-order valence-corrected chi connectivity index (χ2v) is 7.12. The Kier molecular flexibility index (Phi) is 6.84. The summed E-state index contributed by atoms with van der Waals surface area (Å²) in [5, 5.41) is 6.09. The molecule has 164 valence electrons. The number of para-hydroxylation sites is 1. The first-order valence-electron chi connectivity index (χ1n) is 9.37. The number of benzene rings is 2. The van der Waals surface area contributed by atoms with Gasteiger partial charge in [-0.1, -0.05) is 36.7 Å². The zero-order valence-corrected chi connectivity index (χ0v) is 17.4. The number of aromatic nitrogens is 2. The zero-order chi connectivity index (χ0) is 22.6. The van der Waals surface area contributed by atoms with Crippen LogP contribution in [-0.4, -0.2) is 22.4 Å². The van der Waals surface area contributed by atoms with Crippen LogP contribution in [0.4, 0.5) is 35.0 Å². The van der Waals surface area contributed by atoms with Gasteiger partial charge >= 0.3 is 6.36 Å². The predicted octanol–water partition coefficient (Wildman–Crippen LogP) is 6.79. The summed E-state index contributed by atoms with van der Waals surface area (Å²) >= 11 is 6.08. The van der Waals surface area contributed by atoms with Crippen molar-refractivity contribution < 1.29 is 22.3 Å². The summed E-state index contributed by atoms with van der Waals surface area (Å²) in [6, 6.07) is 11.1. The van der Waals surface area contributed by atoms with Crippen molar-refractivity contribution in [2.75, 3.05) is 10.6 Å². The molecule has 0 saturated carbocycles. The van der Waals surface area contributed by atoms with E-state index >= 15 is 0 Å². The molecule has 0 bridgehead atoms. The van der Waals surface area contributed by atoms with Crippen LogP contribution in [-0.2, 0) is 0 Å². The Labute approximate surface area is 181 Å². The van der Waals surface area contributed by atoms with Crippen LogP contribution in [0.25, 0.3) is 11.3 Å². The number of hydrogen-bond donors (Lipinski definition) is 2. The van der Waals surface area contributed by atoms with Gasteiger partial charge in [0.05, 0.1) is 16.4 Å². The lowest BCUT2D eigenvalue weighted by Gasteiger charge is -2.16. The molecule has 0 aliphatic rings. The maximum absolute atomic E-state index is 14.2. The van der Waals surface area contributed by atoms with Gasteiger partial charge in [0.15, 0.2) is 0 Å². The van der Waals surface area contributed by atoms with Crippen LogP contribution in [0.1, 0.15) is 20.3 Å². The molecule has 1 aromatic heterocycles. The first-order valence-corrected chi connectivity index (χ1v) is 9.75. The molecule has 2 aromatic carbocycles. The van der Waals surface area contributed by atoms with Crippen LogP contribution < -0.4 is 15.4 Å². The van der Waals surface area contributed by atoms with Crippen LogP contribution in [0.15, 0.2) is 48.5 Å². The number of alkyl halides is 3. The molecule has 1 heterocycles. The molecule has 3 aromatic rings. The molecule has 0 unspecified atom stereocenters. The number of nitrogens with one attached hydrogen (secondary N) is 2. The average molecular weight is 455 g/mol. The van der Waals surface area contributed by atoms with E-state index in [2.05, 4.69) is 25.3 Å². The Bertz CT molecular complexity index is 1040. The third-order valence-electron chi connectivity index (χ3n) is 4.29. The highest BCUT2D eigenvalue weighted by Crippen LogP contribution is 2.31. The quantitative estimate of drug-likeness (QED) is 0.385. The lowest BCUT2D eigenvalue weighted by molar-refractivity contribution is -0.274. The molecule has 0 spiro atoms. The SMILES string of the molecule is CC[C@@H](C)Nc1nc(Nc2c(F)cccc2Cl)cc(-c2cccc(OC(F)(F)F)c2)n1. The minimum Gasteiger partial charge on any atom is -0.406 e. The normalized spacial score (nSPS) is 12.4. The molecule has 0 aliphatic carbocycles. The Morgan fingerprint density at radius 2 is 1.84 bits per heavy atom. The van der Waals surface area contributed by atoms with E-state index in [1.54, 1.807) is 6.07 Å². The molecule has 31 heavy (non-hydrogen) atoms. The van der Waals surface area contributed by atoms with E-state index in [0.29, 0.717) is 11.3 Å². The lowest BCUT2D eigenvalue weighted by Crippen LogP contribution is -2.17. The fourth-order valence-electron chi connectivity index (χ4n) is 2.64. The molecule has 0 fully saturated rings. The van der Waals surface area contributed by atoms with Gasteiger partial charge in [-0.15, -0.1) is 13.2 Å². The van der Waals surface area contributed by atoms with Crippen LogP contribution in [0, 0.1) is 5.82 Å². The van der Waals surface area contributed by atoms with E-state index in [9.17, 15) is 17.6 Å². The van der Waals surface area contributed by atoms with Gasteiger partial charge in [0.25, 0.3) is 0 Å². The summed E-state index contributed by atoms with van der Waals surface area (Å²) in [6.45, 7) is 3.90. The van der Waals surface area contributed by atoms with E-state index in [4.69, 9.17) is 11.6 Å². The molecule has 10 heteroatoms. The number of nitrogens with zero attached hydrogens (tertiary/aromatic N) is 2. The molecule has 5 nitrogen and oxygen atoms in total. The summed E-state index contributed by atoms with van der Waals surface area (Å²) in [5.41, 5.74) is 0.694. The predicted molar refractivity (Wildman–Crippen MR) is 112 cm³/mol. The summed E-state index contributed by atoms with van der Waals surface area (Å²) in [7, 11) is 0. The monoisotopic (exact) mass is 454 g/mol. The van der Waals surface area contributed by atoms with Crippen molar-refractivity contribution in [2.45, 2.75) is 32.7 Å². The third-order valence-corrected chi connectivity index (χ3v) is 4.61. The Hall–Kier alpha value is -3.07. The topological polar surface area (TPSA) is 59.1 Å². The summed E-state index contributed by atoms with van der Waals surface area (Å²) in [4.78, 5) is 8.73. The maximum Gasteiger partial charge on any atom is 0.573 e. The summed E-state index contributed by atoms with van der Waals surface area (Å²) in [5.74, 6) is -0.523. The minimum absolute atomic E-state index is 0.0254. The molecule has 3 rings (SSSR count). The average Bonchev–Trinajstić information content (AvgIpc) is 2.69. The lowest BCUT2D eigenvalue weighted by atomic mass is 10.1. The van der Waals surface area contributed by atoms with Gasteiger partial charge < -0.3 is 15.4 Å². The standard InChI is InChI=1S/C21H19ClF4N4O/c1-3-12(2)27-20-28-17(13-6-4-7-14(10-13)31-21(24,25)26)11-18(30-20)29-19-15(22)8-5-9-16(19)23/h4-12H,3H2,1-2H3,(H2,27,28,29,30)/t12-/m1/s1. The van der Waals surface area contributed by atoms with Gasteiger partial charge in [-0.2, -0.15) is 4.98 Å². The molecular weight excluding hydrogens is 436 g/mol. The Balaban J connectivity index is 2.03. The summed E-state index contributed by atoms with van der Waals surface area (Å²) in [6.07, 6.45) is -4.04. The highest BCUT2D eigenvalue weighted by atomic mass is 35.5. The molecule has 0 aliphatic heterocycles. The summed E-state index contributed by atoms with van der Waals surface area (Å²) < 4.78 is 56.0. The largest absolute Gasteiger partial charge is 0.573 e. The smallest absolute Gasteiger partial charge is 0.406 e. The van der Waals surface area contributed by atoms with Gasteiger partial charge in [0.1, 0.15) is 17.4 Å². The molecule has 0 amide bonds. The maximum atomic E-state index is 14.2. The Morgan fingerprint density at radius 3 is 2.52 bits per heavy atom. The van der Waals surface area contributed by atoms with E-state index in [0.717, 1.165) is 6.42 Å². The van der Waals surface area contributed by atoms with E-state index in [1.165, 1.54) is 42.5 Å². The number of halogens is 5. The van der Waals surface area contributed by atoms with Gasteiger partial charge in [-0.25, -0.2) is 9.37 Å². The van der Waals surface area contributed by atoms with Crippen molar-refractivity contribution in [1.29, 1.82) is 0 Å². The van der Waals surface area contributed by atoms with Crippen molar-refractivity contribution in [3.05, 3.63) is 59.4 Å². The van der Waals surface area contributed by atoms with Crippen LogP contribution in [0.2, 0.25) is 5.02 Å². The Morgan fingerprint density at radius 1 is 1.10 bits per heavy atom. The van der Waals surface area contributed by atoms with Crippen LogP contribution in [0.5, 0.6) is 5.75 Å². The number of rotatable bonds is 7. The zero-order valence-electron chi connectivity index (χ0n) is 16.6. The highest BCUT2D eigenvalue weighted by molar-refractivity contribution is 6.33. The molecule has 1 atom stereocenters. The van der Waals surface area contributed by atoms with Crippen molar-refractivity contribution in [3.8, 4) is 17.0 Å². The fraction of sp³-hybridized carbons (Fsp3) is 0.238. The first kappa shape index (κ1) is 22.6. The number of anilines is 3. The molecule has 2 N–H and O–H groups in total. The van der Waals surface area contributed by atoms with Crippen LogP contribution >= 0.6 is 11.6 Å². The van der Waals surface area contributed by atoms with Gasteiger partial charge in [0.2, 0.25) is 5.95 Å². The van der Waals surface area contributed by atoms with Crippen LogP contribution in [0.3, 0.4) is 0 Å². The second kappa shape index (κ2) is 9.38. The van der Waals surface area contributed by atoms with Gasteiger partial charge in [0, 0.05) is 17.7 Å². The van der Waals surface area contributed by atoms with Crippen molar-refractivity contribution >= 4 is 29.1 Å². The number of hydrogen-bond acceptors (Lipinski definition) is 5.